The van der Waals surface area contributed by atoms with E-state index in [1.807, 2.05) is 30.3 Å². The normalized spacial score (nSPS) is 16.3. The summed E-state index contributed by atoms with van der Waals surface area (Å²) in [5.41, 5.74) is 0.898. The molecule has 1 amide bonds. The summed E-state index contributed by atoms with van der Waals surface area (Å²) in [5.74, 6) is 1.74. The highest BCUT2D eigenvalue weighted by molar-refractivity contribution is 8.18. The van der Waals surface area contributed by atoms with Crippen molar-refractivity contribution in [3.05, 3.63) is 47.1 Å². The van der Waals surface area contributed by atoms with Gasteiger partial charge in [-0.05, 0) is 36.0 Å². The average Bonchev–Trinajstić information content (AvgIpc) is 3.06. The predicted molar refractivity (Wildman–Crippen MR) is 82.1 cm³/mol. The lowest BCUT2D eigenvalue weighted by atomic mass is 10.2. The van der Waals surface area contributed by atoms with Gasteiger partial charge >= 0.3 is 0 Å². The topological polar surface area (TPSA) is 75.3 Å². The number of nitrogens with one attached hydrogen (secondary N) is 2. The third-order valence-corrected chi connectivity index (χ3v) is 3.75. The first-order valence-electron chi connectivity index (χ1n) is 6.19. The van der Waals surface area contributed by atoms with Crippen molar-refractivity contribution in [2.75, 3.05) is 7.11 Å². The van der Waals surface area contributed by atoms with E-state index in [0.29, 0.717) is 16.4 Å². The van der Waals surface area contributed by atoms with Crippen molar-refractivity contribution in [1.82, 2.24) is 5.32 Å². The molecular weight excluding hydrogens is 288 g/mol. The van der Waals surface area contributed by atoms with Gasteiger partial charge in [0.15, 0.2) is 5.17 Å². The van der Waals surface area contributed by atoms with Crippen molar-refractivity contribution in [3.8, 4) is 17.1 Å². The van der Waals surface area contributed by atoms with Crippen LogP contribution in [0.1, 0.15) is 5.76 Å². The molecule has 1 aliphatic heterocycles. The van der Waals surface area contributed by atoms with Gasteiger partial charge in [0, 0.05) is 11.6 Å². The van der Waals surface area contributed by atoms with Gasteiger partial charge in [-0.1, -0.05) is 12.1 Å². The Balaban J connectivity index is 1.88. The highest BCUT2D eigenvalue weighted by atomic mass is 32.2. The van der Waals surface area contributed by atoms with Gasteiger partial charge in [0.1, 0.15) is 17.3 Å². The van der Waals surface area contributed by atoms with Crippen LogP contribution in [-0.4, -0.2) is 18.2 Å². The molecule has 2 N–H and O–H groups in total. The second-order valence-corrected chi connectivity index (χ2v) is 5.38. The van der Waals surface area contributed by atoms with E-state index in [0.717, 1.165) is 23.1 Å². The second kappa shape index (κ2) is 5.49. The molecule has 1 saturated heterocycles. The number of thioether (sulfide) groups is 1. The van der Waals surface area contributed by atoms with Gasteiger partial charge in [-0.15, -0.1) is 0 Å². The molecule has 0 atom stereocenters. The number of ether oxygens (including phenoxy) is 1. The quantitative estimate of drug-likeness (QED) is 0.854. The molecule has 0 aliphatic carbocycles. The molecular formula is C15H12N2O3S. The van der Waals surface area contributed by atoms with E-state index >= 15 is 0 Å². The van der Waals surface area contributed by atoms with Gasteiger partial charge in [0.25, 0.3) is 5.91 Å². The first-order valence-corrected chi connectivity index (χ1v) is 7.01. The standard InChI is InChI=1S/C15H12N2O3S/c1-19-10-4-2-3-9(7-10)12-6-5-11(20-12)8-13-14(18)17-15(16)21-13/h2-8H,1H3,(H2,16,17,18)/b13-8-. The molecule has 2 heterocycles. The Kier molecular flexibility index (Phi) is 3.53. The zero-order chi connectivity index (χ0) is 14.8. The fraction of sp³-hybridized carbons (Fsp3) is 0.0667. The number of rotatable bonds is 3. The van der Waals surface area contributed by atoms with E-state index in [2.05, 4.69) is 5.32 Å². The molecule has 106 valence electrons. The van der Waals surface area contributed by atoms with Gasteiger partial charge in [-0.3, -0.25) is 10.2 Å². The summed E-state index contributed by atoms with van der Waals surface area (Å²) in [7, 11) is 1.61. The van der Waals surface area contributed by atoms with Gasteiger partial charge in [0.2, 0.25) is 0 Å². The number of amidine groups is 1. The lowest BCUT2D eigenvalue weighted by Crippen LogP contribution is -2.18. The summed E-state index contributed by atoms with van der Waals surface area (Å²) in [5, 5.41) is 9.96. The molecule has 3 rings (SSSR count). The van der Waals surface area contributed by atoms with Crippen LogP contribution in [0.3, 0.4) is 0 Å². The zero-order valence-corrected chi connectivity index (χ0v) is 12.0. The number of benzene rings is 1. The molecule has 0 saturated carbocycles. The lowest BCUT2D eigenvalue weighted by Gasteiger charge is -2.01. The maximum Gasteiger partial charge on any atom is 0.264 e. The van der Waals surface area contributed by atoms with Crippen LogP contribution in [0.15, 0.2) is 45.7 Å². The molecule has 0 unspecified atom stereocenters. The maximum atomic E-state index is 11.6. The van der Waals surface area contributed by atoms with E-state index in [1.165, 1.54) is 0 Å². The van der Waals surface area contributed by atoms with Gasteiger partial charge in [-0.2, -0.15) is 0 Å². The number of amides is 1. The van der Waals surface area contributed by atoms with E-state index in [9.17, 15) is 4.79 Å². The minimum atomic E-state index is -0.274. The Morgan fingerprint density at radius 2 is 2.19 bits per heavy atom. The third-order valence-electron chi connectivity index (χ3n) is 2.92. The maximum absolute atomic E-state index is 11.6. The highest BCUT2D eigenvalue weighted by Gasteiger charge is 2.22. The first-order chi connectivity index (χ1) is 10.2. The van der Waals surface area contributed by atoms with E-state index in [4.69, 9.17) is 14.6 Å². The third kappa shape index (κ3) is 2.85. The fourth-order valence-corrected chi connectivity index (χ4v) is 2.62. The van der Waals surface area contributed by atoms with Gasteiger partial charge in [0.05, 0.1) is 12.0 Å². The largest absolute Gasteiger partial charge is 0.497 e. The van der Waals surface area contributed by atoms with Crippen LogP contribution < -0.4 is 10.1 Å². The fourth-order valence-electron chi connectivity index (χ4n) is 1.93. The van der Waals surface area contributed by atoms with Gasteiger partial charge in [-0.25, -0.2) is 0 Å². The number of carbonyl (C=O) groups is 1. The van der Waals surface area contributed by atoms with Crippen LogP contribution in [0.25, 0.3) is 17.4 Å². The summed E-state index contributed by atoms with van der Waals surface area (Å²) < 4.78 is 10.9. The molecule has 0 spiro atoms. The van der Waals surface area contributed by atoms with E-state index in [-0.39, 0.29) is 11.1 Å². The van der Waals surface area contributed by atoms with Crippen molar-refractivity contribution >= 4 is 28.9 Å². The van der Waals surface area contributed by atoms with E-state index in [1.54, 1.807) is 19.3 Å². The van der Waals surface area contributed by atoms with Crippen molar-refractivity contribution in [2.45, 2.75) is 0 Å². The Morgan fingerprint density at radius 1 is 1.33 bits per heavy atom. The number of furan rings is 1. The number of methoxy groups -OCH3 is 1. The highest BCUT2D eigenvalue weighted by Crippen LogP contribution is 2.29. The number of hydrogen-bond donors (Lipinski definition) is 2. The molecule has 0 bridgehead atoms. The Bertz CT molecular complexity index is 749. The van der Waals surface area contributed by atoms with Crippen LogP contribution in [0.4, 0.5) is 0 Å². The van der Waals surface area contributed by atoms with Crippen LogP contribution in [0.5, 0.6) is 5.75 Å². The molecule has 2 aromatic rings. The molecule has 1 aromatic heterocycles. The Hall–Kier alpha value is -2.47. The number of hydrogen-bond acceptors (Lipinski definition) is 5. The Labute approximate surface area is 125 Å². The lowest BCUT2D eigenvalue weighted by molar-refractivity contribution is -0.115. The summed E-state index contributed by atoms with van der Waals surface area (Å²) in [6.45, 7) is 0. The van der Waals surface area contributed by atoms with Crippen LogP contribution >= 0.6 is 11.8 Å². The summed E-state index contributed by atoms with van der Waals surface area (Å²) >= 11 is 1.08. The van der Waals surface area contributed by atoms with Crippen LogP contribution in [-0.2, 0) is 4.79 Å². The average molecular weight is 300 g/mol. The van der Waals surface area contributed by atoms with E-state index < -0.39 is 0 Å². The first kappa shape index (κ1) is 13.5. The van der Waals surface area contributed by atoms with Crippen molar-refractivity contribution in [2.24, 2.45) is 0 Å². The minimum absolute atomic E-state index is 0.130. The molecule has 1 fully saturated rings. The van der Waals surface area contributed by atoms with Crippen molar-refractivity contribution < 1.29 is 13.9 Å². The summed E-state index contributed by atoms with van der Waals surface area (Å²) in [4.78, 5) is 12.0. The Morgan fingerprint density at radius 3 is 2.90 bits per heavy atom. The molecule has 1 aliphatic rings. The van der Waals surface area contributed by atoms with Crippen molar-refractivity contribution in [3.63, 3.8) is 0 Å². The predicted octanol–water partition coefficient (Wildman–Crippen LogP) is 3.09. The number of carbonyl (C=O) groups excluding carboxylic acids is 1. The molecule has 0 radical (unpaired) electrons. The minimum Gasteiger partial charge on any atom is -0.497 e. The second-order valence-electron chi connectivity index (χ2n) is 4.33. The van der Waals surface area contributed by atoms with Crippen molar-refractivity contribution in [1.29, 1.82) is 5.41 Å². The van der Waals surface area contributed by atoms with Crippen LogP contribution in [0.2, 0.25) is 0 Å². The molecule has 1 aromatic carbocycles. The molecule has 6 heteroatoms. The smallest absolute Gasteiger partial charge is 0.264 e. The zero-order valence-electron chi connectivity index (χ0n) is 11.2. The summed E-state index contributed by atoms with van der Waals surface area (Å²) in [6, 6.07) is 11.2. The summed E-state index contributed by atoms with van der Waals surface area (Å²) in [6.07, 6.45) is 1.63. The SMILES string of the molecule is COc1cccc(-c2ccc(/C=C3\SC(=N)NC3=O)o2)c1. The molecule has 5 nitrogen and oxygen atoms in total. The molecule has 21 heavy (non-hydrogen) atoms. The van der Waals surface area contributed by atoms with Gasteiger partial charge < -0.3 is 14.5 Å². The monoisotopic (exact) mass is 300 g/mol. The van der Waals surface area contributed by atoms with Crippen LogP contribution in [0, 0.1) is 5.41 Å².